The van der Waals surface area contributed by atoms with E-state index in [0.29, 0.717) is 0 Å². The van der Waals surface area contributed by atoms with Gasteiger partial charge in [-0.2, -0.15) is 0 Å². The fourth-order valence-corrected chi connectivity index (χ4v) is 4.83. The van der Waals surface area contributed by atoms with E-state index in [1.165, 1.54) is 12.1 Å². The Balaban J connectivity index is 1.62. The summed E-state index contributed by atoms with van der Waals surface area (Å²) in [4.78, 5) is 21.6. The molecule has 0 saturated heterocycles. The van der Waals surface area contributed by atoms with Crippen LogP contribution in [0.4, 0.5) is 17.1 Å². The van der Waals surface area contributed by atoms with Crippen LogP contribution in [0.1, 0.15) is 22.7 Å². The Morgan fingerprint density at radius 3 is 2.42 bits per heavy atom. The first kappa shape index (κ1) is 21.6. The van der Waals surface area contributed by atoms with Crippen molar-refractivity contribution in [1.82, 2.24) is 4.98 Å². The van der Waals surface area contributed by atoms with Crippen LogP contribution in [0.5, 0.6) is 5.75 Å². The van der Waals surface area contributed by atoms with E-state index < -0.39 is 4.92 Å². The Morgan fingerprint density at radius 2 is 1.67 bits per heavy atom. The van der Waals surface area contributed by atoms with E-state index in [-0.39, 0.29) is 11.7 Å². The van der Waals surface area contributed by atoms with Crippen LogP contribution in [0.3, 0.4) is 0 Å². The van der Waals surface area contributed by atoms with Crippen LogP contribution in [0.15, 0.2) is 108 Å². The number of rotatable bonds is 5. The number of anilines is 1. The van der Waals surface area contributed by atoms with E-state index in [4.69, 9.17) is 9.73 Å². The summed E-state index contributed by atoms with van der Waals surface area (Å²) in [7, 11) is 1.67. The molecule has 0 bridgehead atoms. The number of fused-ring (bicyclic) bond motifs is 2. The molecule has 7 nitrogen and oxygen atoms in total. The average molecular weight is 475 g/mol. The van der Waals surface area contributed by atoms with Crippen molar-refractivity contribution in [2.45, 2.75) is 6.04 Å². The monoisotopic (exact) mass is 474 g/mol. The molecule has 4 aromatic carbocycles. The Bertz CT molecular complexity index is 1610. The highest BCUT2D eigenvalue weighted by Gasteiger charge is 2.34. The van der Waals surface area contributed by atoms with Crippen molar-refractivity contribution < 1.29 is 9.66 Å². The zero-order valence-electron chi connectivity index (χ0n) is 19.5. The summed E-state index contributed by atoms with van der Waals surface area (Å²) < 4.78 is 5.53. The highest BCUT2D eigenvalue weighted by Crippen LogP contribution is 2.45. The summed E-state index contributed by atoms with van der Waals surface area (Å²) >= 11 is 0. The van der Waals surface area contributed by atoms with E-state index in [0.717, 1.165) is 50.6 Å². The minimum atomic E-state index is -0.390. The van der Waals surface area contributed by atoms with Gasteiger partial charge in [-0.3, -0.25) is 10.1 Å². The number of hydrogen-bond donors (Lipinski definition) is 1. The number of aromatic amines is 1. The van der Waals surface area contributed by atoms with Gasteiger partial charge in [0.2, 0.25) is 0 Å². The number of nitro groups is 1. The van der Waals surface area contributed by atoms with E-state index in [2.05, 4.69) is 28.1 Å². The normalized spacial score (nSPS) is 14.9. The maximum Gasteiger partial charge on any atom is 0.269 e. The molecule has 0 fully saturated rings. The van der Waals surface area contributed by atoms with E-state index >= 15 is 0 Å². The van der Waals surface area contributed by atoms with Crippen molar-refractivity contribution in [2.75, 3.05) is 12.0 Å². The van der Waals surface area contributed by atoms with Crippen molar-refractivity contribution in [1.29, 1.82) is 0 Å². The van der Waals surface area contributed by atoms with Crippen LogP contribution in [0.2, 0.25) is 0 Å². The number of hydrogen-bond acceptors (Lipinski definition) is 5. The highest BCUT2D eigenvalue weighted by atomic mass is 16.6. The summed E-state index contributed by atoms with van der Waals surface area (Å²) in [5.41, 5.74) is 5.82. The number of H-pyrrole nitrogens is 1. The Morgan fingerprint density at radius 1 is 0.917 bits per heavy atom. The number of aromatic nitrogens is 1. The standard InChI is InChI=1S/C29H22N4O3/c1-36-22-15-16-26-24(17-22)25(18-30-26)28-23-9-5-6-10-27(23)31-29(32(28)20-7-3-2-4-8-20)19-11-13-21(14-12-19)33(34)35/h2-18,28,30H,1H3. The predicted molar refractivity (Wildman–Crippen MR) is 141 cm³/mol. The molecular formula is C29H22N4O3. The molecule has 1 atom stereocenters. The van der Waals surface area contributed by atoms with Gasteiger partial charge in [0.25, 0.3) is 5.69 Å². The first-order valence-electron chi connectivity index (χ1n) is 11.6. The number of aliphatic imine (C=N–C) groups is 1. The molecule has 0 radical (unpaired) electrons. The average Bonchev–Trinajstić information content (AvgIpc) is 3.35. The lowest BCUT2D eigenvalue weighted by Gasteiger charge is -2.38. The second-order valence-electron chi connectivity index (χ2n) is 8.56. The summed E-state index contributed by atoms with van der Waals surface area (Å²) in [6.45, 7) is 0. The maximum absolute atomic E-state index is 11.3. The molecular weight excluding hydrogens is 452 g/mol. The van der Waals surface area contributed by atoms with Gasteiger partial charge in [0.05, 0.1) is 23.8 Å². The number of nitrogens with zero attached hydrogens (tertiary/aromatic N) is 3. The number of methoxy groups -OCH3 is 1. The zero-order valence-corrected chi connectivity index (χ0v) is 19.5. The Labute approximate surface area is 207 Å². The van der Waals surface area contributed by atoms with Crippen molar-refractivity contribution >= 4 is 33.8 Å². The Kier molecular flexibility index (Phi) is 5.22. The number of amidine groups is 1. The molecule has 6 rings (SSSR count). The summed E-state index contributed by atoms with van der Waals surface area (Å²) in [6.07, 6.45) is 2.04. The third-order valence-electron chi connectivity index (χ3n) is 6.53. The van der Waals surface area contributed by atoms with Crippen molar-refractivity contribution in [3.05, 3.63) is 130 Å². The number of ether oxygens (including phenoxy) is 1. The van der Waals surface area contributed by atoms with E-state index in [9.17, 15) is 10.1 Å². The molecule has 1 aliphatic rings. The molecule has 36 heavy (non-hydrogen) atoms. The number of para-hydroxylation sites is 2. The van der Waals surface area contributed by atoms with Crippen LogP contribution in [-0.4, -0.2) is 22.9 Å². The molecule has 0 spiro atoms. The largest absolute Gasteiger partial charge is 0.497 e. The Hall–Kier alpha value is -4.91. The molecule has 2 heterocycles. The second-order valence-corrected chi connectivity index (χ2v) is 8.56. The number of nitro benzene ring substituents is 1. The van der Waals surface area contributed by atoms with Crippen LogP contribution in [0, 0.1) is 10.1 Å². The minimum absolute atomic E-state index is 0.0436. The second kappa shape index (κ2) is 8.70. The first-order valence-corrected chi connectivity index (χ1v) is 11.6. The first-order chi connectivity index (χ1) is 17.6. The van der Waals surface area contributed by atoms with Crippen LogP contribution in [-0.2, 0) is 0 Å². The predicted octanol–water partition coefficient (Wildman–Crippen LogP) is 6.77. The number of benzene rings is 4. The third-order valence-corrected chi connectivity index (χ3v) is 6.53. The molecule has 1 unspecified atom stereocenters. The van der Waals surface area contributed by atoms with Gasteiger partial charge in [-0.05, 0) is 48.5 Å². The summed E-state index contributed by atoms with van der Waals surface area (Å²) in [6, 6.07) is 30.6. The minimum Gasteiger partial charge on any atom is -0.497 e. The lowest BCUT2D eigenvalue weighted by atomic mass is 9.92. The molecule has 0 amide bonds. The molecule has 7 heteroatoms. The smallest absolute Gasteiger partial charge is 0.269 e. The molecule has 1 aliphatic heterocycles. The van der Waals surface area contributed by atoms with Crippen molar-refractivity contribution in [3.8, 4) is 5.75 Å². The van der Waals surface area contributed by atoms with Gasteiger partial charge in [0.1, 0.15) is 11.6 Å². The van der Waals surface area contributed by atoms with E-state index in [1.807, 2.05) is 60.8 Å². The molecule has 1 aromatic heterocycles. The van der Waals surface area contributed by atoms with Gasteiger partial charge in [-0.15, -0.1) is 0 Å². The summed E-state index contributed by atoms with van der Waals surface area (Å²) in [5, 5.41) is 12.3. The fourth-order valence-electron chi connectivity index (χ4n) is 4.83. The van der Waals surface area contributed by atoms with E-state index in [1.54, 1.807) is 19.2 Å². The molecule has 1 N–H and O–H groups in total. The van der Waals surface area contributed by atoms with Crippen LogP contribution >= 0.6 is 0 Å². The lowest BCUT2D eigenvalue weighted by Crippen LogP contribution is -2.38. The van der Waals surface area contributed by atoms with Gasteiger partial charge in [0, 0.05) is 51.6 Å². The van der Waals surface area contributed by atoms with Gasteiger partial charge in [-0.1, -0.05) is 36.4 Å². The third kappa shape index (κ3) is 3.58. The molecule has 0 saturated carbocycles. The SMILES string of the molecule is COc1ccc2[nH]cc(C3c4ccccc4N=C(c4ccc([N+](=O)[O-])cc4)N3c3ccccc3)c2c1. The fraction of sp³-hybridized carbons (Fsp3) is 0.0690. The summed E-state index contributed by atoms with van der Waals surface area (Å²) in [5.74, 6) is 1.50. The van der Waals surface area contributed by atoms with Gasteiger partial charge < -0.3 is 14.6 Å². The van der Waals surface area contributed by atoms with Crippen molar-refractivity contribution in [3.63, 3.8) is 0 Å². The van der Waals surface area contributed by atoms with Gasteiger partial charge in [0.15, 0.2) is 0 Å². The number of non-ortho nitro benzene ring substituents is 1. The quantitative estimate of drug-likeness (QED) is 0.225. The molecule has 176 valence electrons. The topological polar surface area (TPSA) is 83.8 Å². The lowest BCUT2D eigenvalue weighted by molar-refractivity contribution is -0.384. The highest BCUT2D eigenvalue weighted by molar-refractivity contribution is 6.13. The van der Waals surface area contributed by atoms with Crippen LogP contribution < -0.4 is 9.64 Å². The molecule has 5 aromatic rings. The van der Waals surface area contributed by atoms with Crippen molar-refractivity contribution in [2.24, 2.45) is 4.99 Å². The van der Waals surface area contributed by atoms with Crippen LogP contribution in [0.25, 0.3) is 10.9 Å². The zero-order chi connectivity index (χ0) is 24.6. The van der Waals surface area contributed by atoms with Gasteiger partial charge in [-0.25, -0.2) is 4.99 Å². The molecule has 0 aliphatic carbocycles. The number of nitrogens with one attached hydrogen (secondary N) is 1. The maximum atomic E-state index is 11.3. The van der Waals surface area contributed by atoms with Gasteiger partial charge >= 0.3 is 0 Å².